The van der Waals surface area contributed by atoms with Gasteiger partial charge in [0.05, 0.1) is 18.2 Å². The fourth-order valence-electron chi connectivity index (χ4n) is 1.33. The van der Waals surface area contributed by atoms with Gasteiger partial charge in [-0.05, 0) is 13.0 Å². The topological polar surface area (TPSA) is 54.0 Å². The van der Waals surface area contributed by atoms with Gasteiger partial charge in [-0.1, -0.05) is 0 Å². The number of aromatic nitrogens is 1. The van der Waals surface area contributed by atoms with Crippen LogP contribution in [0, 0.1) is 5.82 Å². The van der Waals surface area contributed by atoms with E-state index in [1.165, 1.54) is 0 Å². The second kappa shape index (κ2) is 6.35. The first kappa shape index (κ1) is 15.2. The molecule has 0 atom stereocenters. The molecule has 0 radical (unpaired) electrons. The molecular weight excluding hydrogens is 266 g/mol. The largest absolute Gasteiger partial charge is 0.390 e. The van der Waals surface area contributed by atoms with Crippen molar-refractivity contribution >= 4 is 11.7 Å². The molecule has 0 bridgehead atoms. The summed E-state index contributed by atoms with van der Waals surface area (Å²) >= 11 is 0. The molecule has 1 aromatic rings. The molecule has 0 unspecified atom stereocenters. The van der Waals surface area contributed by atoms with Gasteiger partial charge in [-0.3, -0.25) is 4.79 Å². The Morgan fingerprint density at radius 1 is 1.42 bits per heavy atom. The molecule has 0 aromatic carbocycles. The monoisotopic (exact) mass is 279 g/mol. The van der Waals surface area contributed by atoms with Gasteiger partial charge in [-0.15, -0.1) is 0 Å². The lowest BCUT2D eigenvalue weighted by Crippen LogP contribution is -2.29. The van der Waals surface area contributed by atoms with Crippen molar-refractivity contribution in [1.29, 1.82) is 0 Å². The first-order valence-electron chi connectivity index (χ1n) is 5.58. The summed E-state index contributed by atoms with van der Waals surface area (Å²) in [4.78, 5) is 15.3. The Bertz CT molecular complexity index is 448. The second-order valence-corrected chi connectivity index (χ2v) is 3.70. The molecule has 8 heteroatoms. The van der Waals surface area contributed by atoms with E-state index in [4.69, 9.17) is 0 Å². The molecule has 0 fully saturated rings. The van der Waals surface area contributed by atoms with Crippen molar-refractivity contribution in [3.8, 4) is 0 Å². The van der Waals surface area contributed by atoms with E-state index in [0.717, 1.165) is 12.3 Å². The zero-order chi connectivity index (χ0) is 14.5. The second-order valence-electron chi connectivity index (χ2n) is 3.70. The molecule has 0 aliphatic heterocycles. The lowest BCUT2D eigenvalue weighted by Gasteiger charge is -2.11. The molecule has 0 saturated heterocycles. The summed E-state index contributed by atoms with van der Waals surface area (Å²) in [6, 6.07) is 0.925. The van der Waals surface area contributed by atoms with Gasteiger partial charge < -0.3 is 10.6 Å². The number of nitrogens with one attached hydrogen (secondary N) is 2. The Balaban J connectivity index is 2.72. The third kappa shape index (κ3) is 5.11. The molecule has 0 spiro atoms. The number of halogens is 4. The Kier molecular flexibility index (Phi) is 5.08. The molecule has 1 heterocycles. The summed E-state index contributed by atoms with van der Waals surface area (Å²) in [6.07, 6.45) is -4.57. The number of anilines is 1. The fraction of sp³-hybridized carbons (Fsp3) is 0.455. The Hall–Kier alpha value is -1.86. The van der Waals surface area contributed by atoms with Crippen LogP contribution in [0.1, 0.15) is 23.7 Å². The van der Waals surface area contributed by atoms with Gasteiger partial charge in [0, 0.05) is 13.1 Å². The molecule has 0 aliphatic carbocycles. The third-order valence-corrected chi connectivity index (χ3v) is 2.14. The zero-order valence-electron chi connectivity index (χ0n) is 10.1. The van der Waals surface area contributed by atoms with E-state index in [9.17, 15) is 22.4 Å². The predicted molar refractivity (Wildman–Crippen MR) is 61.4 cm³/mol. The van der Waals surface area contributed by atoms with E-state index in [0.29, 0.717) is 6.54 Å². The minimum absolute atomic E-state index is 0.121. The van der Waals surface area contributed by atoms with E-state index >= 15 is 0 Å². The number of alkyl halides is 3. The highest BCUT2D eigenvalue weighted by Crippen LogP contribution is 2.18. The van der Waals surface area contributed by atoms with Crippen LogP contribution in [0.4, 0.5) is 23.4 Å². The molecule has 0 saturated carbocycles. The van der Waals surface area contributed by atoms with Crippen molar-refractivity contribution in [2.24, 2.45) is 0 Å². The maximum atomic E-state index is 13.0. The van der Waals surface area contributed by atoms with Crippen molar-refractivity contribution in [3.63, 3.8) is 0 Å². The maximum absolute atomic E-state index is 13.0. The summed E-state index contributed by atoms with van der Waals surface area (Å²) in [5.41, 5.74) is -0.121. The van der Waals surface area contributed by atoms with Gasteiger partial charge in [-0.25, -0.2) is 9.37 Å². The van der Waals surface area contributed by atoms with Crippen LogP contribution in [0.3, 0.4) is 0 Å². The Morgan fingerprint density at radius 2 is 2.11 bits per heavy atom. The highest BCUT2D eigenvalue weighted by Gasteiger charge is 2.26. The first-order valence-corrected chi connectivity index (χ1v) is 5.58. The number of carbonyl (C=O) groups is 1. The van der Waals surface area contributed by atoms with Crippen LogP contribution in [0.2, 0.25) is 0 Å². The van der Waals surface area contributed by atoms with Gasteiger partial charge in [0.15, 0.2) is 0 Å². The van der Waals surface area contributed by atoms with Gasteiger partial charge in [0.1, 0.15) is 11.6 Å². The maximum Gasteiger partial charge on any atom is 0.390 e. The molecule has 1 rings (SSSR count). The Morgan fingerprint density at radius 3 is 2.68 bits per heavy atom. The minimum atomic E-state index is -4.35. The minimum Gasteiger partial charge on any atom is -0.370 e. The summed E-state index contributed by atoms with van der Waals surface area (Å²) in [5, 5.41) is 4.81. The molecule has 1 aromatic heterocycles. The molecule has 19 heavy (non-hydrogen) atoms. The van der Waals surface area contributed by atoms with E-state index in [-0.39, 0.29) is 11.4 Å². The first-order chi connectivity index (χ1) is 8.83. The normalized spacial score (nSPS) is 11.2. The van der Waals surface area contributed by atoms with Crippen molar-refractivity contribution < 1.29 is 22.4 Å². The van der Waals surface area contributed by atoms with Crippen LogP contribution < -0.4 is 10.6 Å². The van der Waals surface area contributed by atoms with Gasteiger partial charge in [0.2, 0.25) is 0 Å². The number of nitrogens with zero attached hydrogens (tertiary/aromatic N) is 1. The van der Waals surface area contributed by atoms with E-state index in [1.54, 1.807) is 6.92 Å². The Labute approximate surface area is 107 Å². The predicted octanol–water partition coefficient (Wildman–Crippen LogP) is 2.33. The summed E-state index contributed by atoms with van der Waals surface area (Å²) in [5.74, 6) is -1.40. The van der Waals surface area contributed by atoms with Crippen LogP contribution in [0.5, 0.6) is 0 Å². The van der Waals surface area contributed by atoms with Crippen LogP contribution in [0.15, 0.2) is 12.3 Å². The molecule has 0 aliphatic rings. The third-order valence-electron chi connectivity index (χ3n) is 2.14. The average molecular weight is 279 g/mol. The number of pyridine rings is 1. The zero-order valence-corrected chi connectivity index (χ0v) is 10.1. The number of rotatable bonds is 5. The van der Waals surface area contributed by atoms with Crippen LogP contribution in [0.25, 0.3) is 0 Å². The van der Waals surface area contributed by atoms with Gasteiger partial charge >= 0.3 is 6.18 Å². The highest BCUT2D eigenvalue weighted by atomic mass is 19.4. The van der Waals surface area contributed by atoms with E-state index in [2.05, 4.69) is 15.6 Å². The molecule has 1 amide bonds. The van der Waals surface area contributed by atoms with Crippen molar-refractivity contribution in [2.75, 3.05) is 18.4 Å². The van der Waals surface area contributed by atoms with Gasteiger partial charge in [-0.2, -0.15) is 13.2 Å². The van der Waals surface area contributed by atoms with Crippen LogP contribution in [-0.2, 0) is 0 Å². The average Bonchev–Trinajstić information content (AvgIpc) is 2.30. The van der Waals surface area contributed by atoms with Gasteiger partial charge in [0.25, 0.3) is 5.91 Å². The SMILES string of the molecule is CCNc1ncc(F)cc1C(=O)NCCC(F)(F)F. The lowest BCUT2D eigenvalue weighted by molar-refractivity contribution is -0.132. The summed E-state index contributed by atoms with van der Waals surface area (Å²) < 4.78 is 48.8. The lowest BCUT2D eigenvalue weighted by atomic mass is 10.2. The standard InChI is InChI=1S/C11H13F4N3O/c1-2-16-9-8(5-7(12)6-18-9)10(19)17-4-3-11(13,14)15/h5-6H,2-4H2,1H3,(H,16,18)(H,17,19). The number of hydrogen-bond donors (Lipinski definition) is 2. The highest BCUT2D eigenvalue weighted by molar-refractivity contribution is 5.98. The van der Waals surface area contributed by atoms with Crippen LogP contribution >= 0.6 is 0 Å². The van der Waals surface area contributed by atoms with Crippen molar-refractivity contribution in [1.82, 2.24) is 10.3 Å². The fourth-order valence-corrected chi connectivity index (χ4v) is 1.33. The number of hydrogen-bond acceptors (Lipinski definition) is 3. The molecule has 2 N–H and O–H groups in total. The quantitative estimate of drug-likeness (QED) is 0.813. The number of carbonyl (C=O) groups excluding carboxylic acids is 1. The van der Waals surface area contributed by atoms with E-state index in [1.807, 2.05) is 0 Å². The van der Waals surface area contributed by atoms with Crippen LogP contribution in [-0.4, -0.2) is 30.2 Å². The summed E-state index contributed by atoms with van der Waals surface area (Å²) in [7, 11) is 0. The summed E-state index contributed by atoms with van der Waals surface area (Å²) in [6.45, 7) is 1.63. The smallest absolute Gasteiger partial charge is 0.370 e. The number of amides is 1. The molecular formula is C11H13F4N3O. The molecule has 106 valence electrons. The molecule has 4 nitrogen and oxygen atoms in total. The van der Waals surface area contributed by atoms with E-state index < -0.39 is 30.9 Å². The van der Waals surface area contributed by atoms with Crippen molar-refractivity contribution in [3.05, 3.63) is 23.6 Å². The van der Waals surface area contributed by atoms with Crippen molar-refractivity contribution in [2.45, 2.75) is 19.5 Å².